The van der Waals surface area contributed by atoms with Crippen LogP contribution in [0.2, 0.25) is 0 Å². The largest absolute Gasteiger partial charge is 0.454 e. The highest BCUT2D eigenvalue weighted by Gasteiger charge is 2.28. The zero-order valence-corrected chi connectivity index (χ0v) is 18.5. The molecular formula is C26H25F2N3O3. The molecule has 2 heterocycles. The summed E-state index contributed by atoms with van der Waals surface area (Å²) in [4.78, 5) is 17.3. The molecule has 1 unspecified atom stereocenters. The number of nitrogens with one attached hydrogen (secondary N) is 1. The lowest BCUT2D eigenvalue weighted by atomic mass is 10.0. The molecule has 8 heteroatoms. The molecule has 1 amide bonds. The van der Waals surface area contributed by atoms with Crippen LogP contribution in [0.15, 0.2) is 66.7 Å². The first-order chi connectivity index (χ1) is 16.6. The van der Waals surface area contributed by atoms with Crippen molar-refractivity contribution in [2.24, 2.45) is 0 Å². The highest BCUT2D eigenvalue weighted by atomic mass is 19.1. The molecule has 0 spiro atoms. The van der Waals surface area contributed by atoms with Gasteiger partial charge in [0.15, 0.2) is 11.5 Å². The van der Waals surface area contributed by atoms with Gasteiger partial charge in [0.05, 0.1) is 6.04 Å². The van der Waals surface area contributed by atoms with Crippen molar-refractivity contribution in [2.45, 2.75) is 6.04 Å². The molecule has 1 saturated heterocycles. The Morgan fingerprint density at radius 1 is 0.882 bits per heavy atom. The minimum absolute atomic E-state index is 0.169. The maximum Gasteiger partial charge on any atom is 0.257 e. The van der Waals surface area contributed by atoms with Crippen molar-refractivity contribution in [3.8, 4) is 11.5 Å². The van der Waals surface area contributed by atoms with E-state index in [4.69, 9.17) is 9.47 Å². The van der Waals surface area contributed by atoms with Crippen LogP contribution in [0.3, 0.4) is 0 Å². The number of carbonyl (C=O) groups is 1. The van der Waals surface area contributed by atoms with Crippen LogP contribution in [0.4, 0.5) is 14.5 Å². The van der Waals surface area contributed by atoms with Crippen molar-refractivity contribution in [1.82, 2.24) is 10.2 Å². The van der Waals surface area contributed by atoms with Gasteiger partial charge in [-0.15, -0.1) is 0 Å². The molecule has 3 aromatic rings. The smallest absolute Gasteiger partial charge is 0.257 e. The van der Waals surface area contributed by atoms with Gasteiger partial charge in [0.1, 0.15) is 17.2 Å². The lowest BCUT2D eigenvalue weighted by Gasteiger charge is -2.40. The van der Waals surface area contributed by atoms with E-state index >= 15 is 0 Å². The molecule has 5 rings (SSSR count). The Morgan fingerprint density at radius 2 is 1.59 bits per heavy atom. The normalized spacial score (nSPS) is 16.4. The molecule has 2 aliphatic rings. The first-order valence-corrected chi connectivity index (χ1v) is 11.3. The van der Waals surface area contributed by atoms with Gasteiger partial charge >= 0.3 is 0 Å². The molecule has 1 atom stereocenters. The maximum absolute atomic E-state index is 14.1. The zero-order valence-electron chi connectivity index (χ0n) is 18.5. The third-order valence-electron chi connectivity index (χ3n) is 6.30. The third-order valence-corrected chi connectivity index (χ3v) is 6.30. The highest BCUT2D eigenvalue weighted by Crippen LogP contribution is 2.36. The minimum atomic E-state index is -0.881. The summed E-state index contributed by atoms with van der Waals surface area (Å²) in [5.41, 5.74) is 1.54. The van der Waals surface area contributed by atoms with Gasteiger partial charge in [-0.25, -0.2) is 8.78 Å². The SMILES string of the molecule is O=C(NCC(c1ccc2c(c1)OCO2)N1CCN(c2ccccc2)CC1)c1c(F)cccc1F. The molecule has 1 N–H and O–H groups in total. The highest BCUT2D eigenvalue weighted by molar-refractivity contribution is 5.94. The lowest BCUT2D eigenvalue weighted by molar-refractivity contribution is 0.0921. The van der Waals surface area contributed by atoms with Crippen LogP contribution in [-0.2, 0) is 0 Å². The fourth-order valence-corrected chi connectivity index (χ4v) is 4.50. The van der Waals surface area contributed by atoms with E-state index in [0.717, 1.165) is 43.9 Å². The third kappa shape index (κ3) is 4.54. The number of benzene rings is 3. The van der Waals surface area contributed by atoms with E-state index in [0.29, 0.717) is 11.5 Å². The summed E-state index contributed by atoms with van der Waals surface area (Å²) >= 11 is 0. The van der Waals surface area contributed by atoms with E-state index in [1.807, 2.05) is 36.4 Å². The number of ether oxygens (including phenoxy) is 2. The summed E-state index contributed by atoms with van der Waals surface area (Å²) in [5.74, 6) is -1.21. The van der Waals surface area contributed by atoms with E-state index in [9.17, 15) is 13.6 Å². The molecule has 0 aromatic heterocycles. The molecule has 0 saturated carbocycles. The van der Waals surface area contributed by atoms with Crippen molar-refractivity contribution in [1.29, 1.82) is 0 Å². The number of rotatable bonds is 6. The van der Waals surface area contributed by atoms with Gasteiger partial charge in [0, 0.05) is 38.4 Å². The molecular weight excluding hydrogens is 440 g/mol. The van der Waals surface area contributed by atoms with Gasteiger partial charge in [-0.3, -0.25) is 9.69 Å². The number of para-hydroxylation sites is 1. The first-order valence-electron chi connectivity index (χ1n) is 11.3. The number of anilines is 1. The summed E-state index contributed by atoms with van der Waals surface area (Å²) < 4.78 is 39.2. The summed E-state index contributed by atoms with van der Waals surface area (Å²) in [5, 5.41) is 2.74. The monoisotopic (exact) mass is 465 g/mol. The van der Waals surface area contributed by atoms with Gasteiger partial charge in [-0.1, -0.05) is 30.3 Å². The fourth-order valence-electron chi connectivity index (χ4n) is 4.50. The number of hydrogen-bond acceptors (Lipinski definition) is 5. The van der Waals surface area contributed by atoms with Gasteiger partial charge in [-0.2, -0.15) is 0 Å². The van der Waals surface area contributed by atoms with Gasteiger partial charge < -0.3 is 19.7 Å². The molecule has 0 aliphatic carbocycles. The van der Waals surface area contributed by atoms with Crippen LogP contribution < -0.4 is 19.7 Å². The fraction of sp³-hybridized carbons (Fsp3) is 0.269. The average molecular weight is 466 g/mol. The topological polar surface area (TPSA) is 54.0 Å². The van der Waals surface area contributed by atoms with Crippen molar-refractivity contribution < 1.29 is 23.0 Å². The Morgan fingerprint density at radius 3 is 2.32 bits per heavy atom. The average Bonchev–Trinajstić information content (AvgIpc) is 3.33. The summed E-state index contributed by atoms with van der Waals surface area (Å²) in [6.07, 6.45) is 0. The predicted molar refractivity (Wildman–Crippen MR) is 124 cm³/mol. The van der Waals surface area contributed by atoms with Crippen LogP contribution in [0.1, 0.15) is 22.0 Å². The van der Waals surface area contributed by atoms with Crippen LogP contribution >= 0.6 is 0 Å². The molecule has 176 valence electrons. The quantitative estimate of drug-likeness (QED) is 0.597. The van der Waals surface area contributed by atoms with Crippen molar-refractivity contribution in [2.75, 3.05) is 44.4 Å². The Labute approximate surface area is 196 Å². The number of piperazine rings is 1. The Bertz CT molecular complexity index is 1150. The molecule has 2 aliphatic heterocycles. The second-order valence-electron chi connectivity index (χ2n) is 8.29. The predicted octanol–water partition coefficient (Wildman–Crippen LogP) is 3.99. The van der Waals surface area contributed by atoms with E-state index in [-0.39, 0.29) is 19.4 Å². The van der Waals surface area contributed by atoms with Gasteiger partial charge in [0.2, 0.25) is 6.79 Å². The minimum Gasteiger partial charge on any atom is -0.454 e. The number of nitrogens with zero attached hydrogens (tertiary/aromatic N) is 2. The number of hydrogen-bond donors (Lipinski definition) is 1. The van der Waals surface area contributed by atoms with Crippen LogP contribution in [0.25, 0.3) is 0 Å². The zero-order chi connectivity index (χ0) is 23.5. The van der Waals surface area contributed by atoms with Gasteiger partial charge in [-0.05, 0) is 42.0 Å². The summed E-state index contributed by atoms with van der Waals surface area (Å²) in [6.45, 7) is 3.53. The number of amides is 1. The van der Waals surface area contributed by atoms with Crippen LogP contribution in [-0.4, -0.2) is 50.3 Å². The van der Waals surface area contributed by atoms with Crippen molar-refractivity contribution >= 4 is 11.6 Å². The van der Waals surface area contributed by atoms with Gasteiger partial charge in [0.25, 0.3) is 5.91 Å². The number of halogens is 2. The molecule has 34 heavy (non-hydrogen) atoms. The van der Waals surface area contributed by atoms with E-state index in [2.05, 4.69) is 27.2 Å². The van der Waals surface area contributed by atoms with Crippen LogP contribution in [0, 0.1) is 11.6 Å². The Kier molecular flexibility index (Phi) is 6.31. The molecule has 0 bridgehead atoms. The van der Waals surface area contributed by atoms with E-state index < -0.39 is 23.1 Å². The molecule has 6 nitrogen and oxygen atoms in total. The Balaban J connectivity index is 1.34. The van der Waals surface area contributed by atoms with Crippen LogP contribution in [0.5, 0.6) is 11.5 Å². The summed E-state index contributed by atoms with van der Waals surface area (Å²) in [6, 6.07) is 19.1. The standard InChI is InChI=1S/C26H25F2N3O3/c27-20-7-4-8-21(28)25(20)26(32)29-16-22(18-9-10-23-24(15-18)34-17-33-23)31-13-11-30(12-14-31)19-5-2-1-3-6-19/h1-10,15,22H,11-14,16-17H2,(H,29,32). The molecule has 3 aromatic carbocycles. The maximum atomic E-state index is 14.1. The lowest BCUT2D eigenvalue weighted by Crippen LogP contribution is -2.50. The number of carbonyl (C=O) groups excluding carboxylic acids is 1. The Hall–Kier alpha value is -3.65. The number of fused-ring (bicyclic) bond motifs is 1. The van der Waals surface area contributed by atoms with E-state index in [1.54, 1.807) is 0 Å². The first kappa shape index (κ1) is 22.2. The second-order valence-corrected chi connectivity index (χ2v) is 8.29. The summed E-state index contributed by atoms with van der Waals surface area (Å²) in [7, 11) is 0. The second kappa shape index (κ2) is 9.69. The van der Waals surface area contributed by atoms with Crippen molar-refractivity contribution in [3.05, 3.63) is 89.5 Å². The van der Waals surface area contributed by atoms with Crippen molar-refractivity contribution in [3.63, 3.8) is 0 Å². The van der Waals surface area contributed by atoms with E-state index in [1.165, 1.54) is 11.8 Å². The molecule has 1 fully saturated rings. The molecule has 0 radical (unpaired) electrons.